The molecule has 1 aliphatic heterocycles. The van der Waals surface area contributed by atoms with E-state index in [0.29, 0.717) is 29.2 Å². The van der Waals surface area contributed by atoms with Gasteiger partial charge >= 0.3 is 0 Å². The topological polar surface area (TPSA) is 79.7 Å². The monoisotopic (exact) mass is 492 g/mol. The Morgan fingerprint density at radius 2 is 1.91 bits per heavy atom. The number of hydrogen-bond donors (Lipinski definition) is 1. The summed E-state index contributed by atoms with van der Waals surface area (Å²) in [5.74, 6) is -1.01. The van der Waals surface area contributed by atoms with E-state index in [0.717, 1.165) is 10.0 Å². The minimum Gasteiger partial charge on any atom is -0.507 e. The highest BCUT2D eigenvalue weighted by Gasteiger charge is 2.47. The van der Waals surface area contributed by atoms with Gasteiger partial charge in [-0.1, -0.05) is 28.1 Å². The Morgan fingerprint density at radius 3 is 2.53 bits per heavy atom. The van der Waals surface area contributed by atoms with Crippen molar-refractivity contribution in [2.45, 2.75) is 19.9 Å². The highest BCUT2D eigenvalue weighted by atomic mass is 79.9. The van der Waals surface area contributed by atoms with Crippen LogP contribution in [0.3, 0.4) is 0 Å². The van der Waals surface area contributed by atoms with Gasteiger partial charge in [0.1, 0.15) is 11.5 Å². The number of rotatable bonds is 5. The van der Waals surface area contributed by atoms with Crippen LogP contribution in [0, 0.1) is 6.92 Å². The summed E-state index contributed by atoms with van der Waals surface area (Å²) in [6.45, 7) is 4.29. The fourth-order valence-electron chi connectivity index (χ4n) is 3.77. The summed E-state index contributed by atoms with van der Waals surface area (Å²) in [5.41, 5.74) is 2.53. The first-order valence-electron chi connectivity index (χ1n) is 10.1. The first-order chi connectivity index (χ1) is 15.4. The molecule has 0 saturated carbocycles. The Labute approximate surface area is 194 Å². The average Bonchev–Trinajstić information content (AvgIpc) is 3.07. The Hall–Kier alpha value is -3.45. The van der Waals surface area contributed by atoms with E-state index in [9.17, 15) is 14.7 Å². The number of aromatic nitrogens is 1. The fraction of sp³-hybridized carbons (Fsp3) is 0.160. The number of benzene rings is 2. The summed E-state index contributed by atoms with van der Waals surface area (Å²) in [5, 5.41) is 11.2. The second-order valence-electron chi connectivity index (χ2n) is 7.35. The quantitative estimate of drug-likeness (QED) is 0.301. The Kier molecular flexibility index (Phi) is 6.10. The van der Waals surface area contributed by atoms with Gasteiger partial charge in [-0.25, -0.2) is 0 Å². The molecular formula is C25H21BrN2O4. The van der Waals surface area contributed by atoms with Crippen molar-refractivity contribution in [2.75, 3.05) is 11.5 Å². The van der Waals surface area contributed by atoms with Crippen molar-refractivity contribution in [3.05, 3.63) is 93.7 Å². The van der Waals surface area contributed by atoms with Gasteiger partial charge in [-0.2, -0.15) is 0 Å². The second kappa shape index (κ2) is 8.96. The second-order valence-corrected chi connectivity index (χ2v) is 8.20. The van der Waals surface area contributed by atoms with Crippen molar-refractivity contribution in [1.82, 2.24) is 4.98 Å². The van der Waals surface area contributed by atoms with Gasteiger partial charge in [0.2, 0.25) is 0 Å². The van der Waals surface area contributed by atoms with Crippen LogP contribution in [0.15, 0.2) is 77.0 Å². The van der Waals surface area contributed by atoms with Gasteiger partial charge < -0.3 is 9.84 Å². The number of aliphatic hydroxyl groups excluding tert-OH is 1. The molecule has 0 radical (unpaired) electrons. The number of halogens is 1. The summed E-state index contributed by atoms with van der Waals surface area (Å²) in [7, 11) is 0. The van der Waals surface area contributed by atoms with Gasteiger partial charge in [0, 0.05) is 28.1 Å². The van der Waals surface area contributed by atoms with E-state index >= 15 is 0 Å². The molecule has 2 heterocycles. The van der Waals surface area contributed by atoms with Crippen LogP contribution in [0.5, 0.6) is 5.75 Å². The third-order valence-corrected chi connectivity index (χ3v) is 6.19. The molecule has 1 amide bonds. The lowest BCUT2D eigenvalue weighted by molar-refractivity contribution is -0.132. The van der Waals surface area contributed by atoms with Gasteiger partial charge in [-0.15, -0.1) is 0 Å². The number of ketones is 1. The summed E-state index contributed by atoms with van der Waals surface area (Å²) >= 11 is 3.44. The van der Waals surface area contributed by atoms with Crippen molar-refractivity contribution >= 4 is 39.1 Å². The van der Waals surface area contributed by atoms with Gasteiger partial charge in [0.25, 0.3) is 11.7 Å². The van der Waals surface area contributed by atoms with E-state index < -0.39 is 17.7 Å². The van der Waals surface area contributed by atoms with Crippen LogP contribution in [-0.2, 0) is 9.59 Å². The van der Waals surface area contributed by atoms with Gasteiger partial charge in [-0.3, -0.25) is 19.5 Å². The van der Waals surface area contributed by atoms with E-state index in [1.165, 1.54) is 4.90 Å². The Morgan fingerprint density at radius 1 is 1.16 bits per heavy atom. The Bertz CT molecular complexity index is 1210. The highest BCUT2D eigenvalue weighted by molar-refractivity contribution is 9.10. The molecule has 0 aliphatic carbocycles. The molecule has 0 bridgehead atoms. The molecule has 0 spiro atoms. The zero-order chi connectivity index (χ0) is 22.8. The van der Waals surface area contributed by atoms with Gasteiger partial charge in [0.15, 0.2) is 0 Å². The molecule has 3 aromatic rings. The third kappa shape index (κ3) is 3.91. The lowest BCUT2D eigenvalue weighted by Gasteiger charge is -2.25. The van der Waals surface area contributed by atoms with Crippen molar-refractivity contribution in [3.63, 3.8) is 0 Å². The lowest BCUT2D eigenvalue weighted by Crippen LogP contribution is -2.29. The molecule has 1 aromatic heterocycles. The summed E-state index contributed by atoms with van der Waals surface area (Å²) in [6.07, 6.45) is 3.21. The molecule has 32 heavy (non-hydrogen) atoms. The van der Waals surface area contributed by atoms with Gasteiger partial charge in [-0.05, 0) is 67.4 Å². The number of ether oxygens (including phenoxy) is 1. The first kappa shape index (κ1) is 21.8. The maximum atomic E-state index is 13.1. The molecule has 7 heteroatoms. The minimum absolute atomic E-state index is 0.0265. The highest BCUT2D eigenvalue weighted by Crippen LogP contribution is 2.42. The maximum Gasteiger partial charge on any atom is 0.300 e. The maximum absolute atomic E-state index is 13.1. The van der Waals surface area contributed by atoms with Crippen LogP contribution in [0.2, 0.25) is 0 Å². The lowest BCUT2D eigenvalue weighted by atomic mass is 9.95. The van der Waals surface area contributed by atoms with Crippen molar-refractivity contribution in [2.24, 2.45) is 0 Å². The number of carbonyl (C=O) groups excluding carboxylic acids is 2. The normalized spacial score (nSPS) is 17.6. The molecule has 1 fully saturated rings. The molecule has 1 saturated heterocycles. The number of aryl methyl sites for hydroxylation is 1. The van der Waals surface area contributed by atoms with E-state index in [2.05, 4.69) is 20.9 Å². The molecule has 4 rings (SSSR count). The van der Waals surface area contributed by atoms with Crippen molar-refractivity contribution in [3.8, 4) is 5.75 Å². The smallest absolute Gasteiger partial charge is 0.300 e. The fourth-order valence-corrected chi connectivity index (χ4v) is 4.02. The largest absolute Gasteiger partial charge is 0.507 e. The predicted octanol–water partition coefficient (Wildman–Crippen LogP) is 5.18. The van der Waals surface area contributed by atoms with E-state index in [-0.39, 0.29) is 11.3 Å². The molecule has 162 valence electrons. The number of aliphatic hydroxyl groups is 1. The molecule has 1 atom stereocenters. The minimum atomic E-state index is -0.814. The van der Waals surface area contributed by atoms with Crippen molar-refractivity contribution < 1.29 is 19.4 Å². The van der Waals surface area contributed by atoms with Gasteiger partial charge in [0.05, 0.1) is 18.2 Å². The summed E-state index contributed by atoms with van der Waals surface area (Å²) < 4.78 is 6.37. The number of hydrogen-bond acceptors (Lipinski definition) is 5. The number of pyridine rings is 1. The average molecular weight is 493 g/mol. The summed E-state index contributed by atoms with van der Waals surface area (Å²) in [4.78, 5) is 31.8. The summed E-state index contributed by atoms with van der Waals surface area (Å²) in [6, 6.07) is 14.9. The van der Waals surface area contributed by atoms with Crippen LogP contribution < -0.4 is 9.64 Å². The standard InChI is InChI=1S/C25H21BrN2O4/c1-3-32-19-9-7-18(8-10-19)28-22(17-5-4-12-27-14-17)21(24(30)25(28)31)23(29)16-6-11-20(26)15(2)13-16/h4-14,22,29H,3H2,1-2H3/b23-21-. The SMILES string of the molecule is CCOc1ccc(N2C(=O)C(=O)/C(=C(\O)c3ccc(Br)c(C)c3)C2c2cccnc2)cc1. The number of anilines is 1. The van der Waals surface area contributed by atoms with Crippen LogP contribution in [0.25, 0.3) is 5.76 Å². The molecule has 6 nitrogen and oxygen atoms in total. The van der Waals surface area contributed by atoms with Crippen LogP contribution in [0.4, 0.5) is 5.69 Å². The van der Waals surface area contributed by atoms with Crippen LogP contribution in [-0.4, -0.2) is 28.4 Å². The van der Waals surface area contributed by atoms with E-state index in [4.69, 9.17) is 4.74 Å². The number of amides is 1. The van der Waals surface area contributed by atoms with Crippen LogP contribution in [0.1, 0.15) is 29.7 Å². The first-order valence-corrected chi connectivity index (χ1v) is 10.9. The third-order valence-electron chi connectivity index (χ3n) is 5.30. The Balaban J connectivity index is 1.88. The van der Waals surface area contributed by atoms with Crippen molar-refractivity contribution in [1.29, 1.82) is 0 Å². The molecule has 2 aromatic carbocycles. The zero-order valence-electron chi connectivity index (χ0n) is 17.6. The molecule has 1 N–H and O–H groups in total. The van der Waals surface area contributed by atoms with E-state index in [1.807, 2.05) is 13.8 Å². The van der Waals surface area contributed by atoms with Crippen LogP contribution >= 0.6 is 15.9 Å². The predicted molar refractivity (Wildman–Crippen MR) is 126 cm³/mol. The molecular weight excluding hydrogens is 472 g/mol. The number of Topliss-reactive ketones (excluding diaryl/α,β-unsaturated/α-hetero) is 1. The van der Waals surface area contributed by atoms with E-state index in [1.54, 1.807) is 67.0 Å². The number of nitrogens with zero attached hydrogens (tertiary/aromatic N) is 2. The molecule has 1 unspecified atom stereocenters. The zero-order valence-corrected chi connectivity index (χ0v) is 19.2. The number of carbonyl (C=O) groups is 2. The molecule has 1 aliphatic rings.